The molecule has 2 aromatic rings. The number of anilines is 1. The molecule has 0 radical (unpaired) electrons. The lowest BCUT2D eigenvalue weighted by Crippen LogP contribution is -2.13. The van der Waals surface area contributed by atoms with E-state index in [2.05, 4.69) is 15.5 Å². The molecule has 0 unspecified atom stereocenters. The molecule has 0 bridgehead atoms. The maximum Gasteiger partial charge on any atom is 0.322 e. The van der Waals surface area contributed by atoms with Crippen molar-refractivity contribution in [2.75, 3.05) is 11.9 Å². The number of nitrogens with zero attached hydrogens (tertiary/aromatic N) is 2. The SMILES string of the molecule is CCOc1ccc(-c2nnc(NC(=O)CC(C)C)o2)cc1. The van der Waals surface area contributed by atoms with Crippen molar-refractivity contribution in [3.63, 3.8) is 0 Å². The van der Waals surface area contributed by atoms with Crippen molar-refractivity contribution < 1.29 is 13.9 Å². The van der Waals surface area contributed by atoms with E-state index in [1.807, 2.05) is 45.0 Å². The smallest absolute Gasteiger partial charge is 0.322 e. The zero-order valence-corrected chi connectivity index (χ0v) is 12.4. The van der Waals surface area contributed by atoms with Crippen LogP contribution >= 0.6 is 0 Å². The summed E-state index contributed by atoms with van der Waals surface area (Å²) >= 11 is 0. The molecular formula is C15H19N3O3. The van der Waals surface area contributed by atoms with Crippen LogP contribution in [0.5, 0.6) is 5.75 Å². The van der Waals surface area contributed by atoms with Crippen LogP contribution in [0.4, 0.5) is 6.01 Å². The van der Waals surface area contributed by atoms with Crippen molar-refractivity contribution in [1.29, 1.82) is 0 Å². The highest BCUT2D eigenvalue weighted by Crippen LogP contribution is 2.22. The number of carbonyl (C=O) groups is 1. The van der Waals surface area contributed by atoms with Gasteiger partial charge >= 0.3 is 6.01 Å². The molecule has 0 atom stereocenters. The van der Waals surface area contributed by atoms with Crippen LogP contribution in [0.3, 0.4) is 0 Å². The second-order valence-electron chi connectivity index (χ2n) is 5.02. The fraction of sp³-hybridized carbons (Fsp3) is 0.400. The van der Waals surface area contributed by atoms with Gasteiger partial charge in [-0.05, 0) is 37.1 Å². The molecular weight excluding hydrogens is 270 g/mol. The Morgan fingerprint density at radius 3 is 2.62 bits per heavy atom. The molecule has 1 N–H and O–H groups in total. The molecule has 0 fully saturated rings. The van der Waals surface area contributed by atoms with E-state index >= 15 is 0 Å². The van der Waals surface area contributed by atoms with E-state index in [0.29, 0.717) is 18.9 Å². The van der Waals surface area contributed by atoms with Gasteiger partial charge in [0.1, 0.15) is 5.75 Å². The number of nitrogens with one attached hydrogen (secondary N) is 1. The van der Waals surface area contributed by atoms with Gasteiger partial charge in [-0.2, -0.15) is 0 Å². The predicted octanol–water partition coefficient (Wildman–Crippen LogP) is 3.12. The van der Waals surface area contributed by atoms with E-state index in [-0.39, 0.29) is 17.8 Å². The Kier molecular flexibility index (Phi) is 4.92. The van der Waals surface area contributed by atoms with Crippen LogP contribution < -0.4 is 10.1 Å². The molecule has 0 spiro atoms. The summed E-state index contributed by atoms with van der Waals surface area (Å²) in [6.45, 7) is 6.49. The van der Waals surface area contributed by atoms with Crippen LogP contribution in [0.25, 0.3) is 11.5 Å². The Morgan fingerprint density at radius 1 is 1.29 bits per heavy atom. The predicted molar refractivity (Wildman–Crippen MR) is 79.0 cm³/mol. The molecule has 1 amide bonds. The minimum Gasteiger partial charge on any atom is -0.494 e. The quantitative estimate of drug-likeness (QED) is 0.884. The summed E-state index contributed by atoms with van der Waals surface area (Å²) in [7, 11) is 0. The second-order valence-corrected chi connectivity index (χ2v) is 5.02. The lowest BCUT2D eigenvalue weighted by atomic mass is 10.1. The summed E-state index contributed by atoms with van der Waals surface area (Å²) in [5.74, 6) is 1.29. The van der Waals surface area contributed by atoms with E-state index in [1.165, 1.54) is 0 Å². The third kappa shape index (κ3) is 4.30. The van der Waals surface area contributed by atoms with Gasteiger partial charge in [-0.1, -0.05) is 18.9 Å². The molecule has 0 aliphatic heterocycles. The number of carbonyl (C=O) groups excluding carboxylic acids is 1. The van der Waals surface area contributed by atoms with Crippen LogP contribution in [0, 0.1) is 5.92 Å². The number of hydrogen-bond acceptors (Lipinski definition) is 5. The molecule has 2 rings (SSSR count). The Balaban J connectivity index is 2.03. The lowest BCUT2D eigenvalue weighted by Gasteiger charge is -2.03. The molecule has 1 aromatic carbocycles. The fourth-order valence-corrected chi connectivity index (χ4v) is 1.79. The van der Waals surface area contributed by atoms with Crippen molar-refractivity contribution in [2.24, 2.45) is 5.92 Å². The Labute approximate surface area is 123 Å². The van der Waals surface area contributed by atoms with Gasteiger partial charge in [0.05, 0.1) is 6.61 Å². The molecule has 0 saturated heterocycles. The fourth-order valence-electron chi connectivity index (χ4n) is 1.79. The van der Waals surface area contributed by atoms with Gasteiger partial charge < -0.3 is 9.15 Å². The zero-order chi connectivity index (χ0) is 15.2. The highest BCUT2D eigenvalue weighted by Gasteiger charge is 2.12. The molecule has 6 nitrogen and oxygen atoms in total. The molecule has 6 heteroatoms. The number of aromatic nitrogens is 2. The Morgan fingerprint density at radius 2 is 2.00 bits per heavy atom. The van der Waals surface area contributed by atoms with Crippen LogP contribution in [-0.4, -0.2) is 22.7 Å². The van der Waals surface area contributed by atoms with Gasteiger partial charge in [-0.3, -0.25) is 10.1 Å². The standard InChI is InChI=1S/C15H19N3O3/c1-4-20-12-7-5-11(6-8-12)14-17-18-15(21-14)16-13(19)9-10(2)3/h5-8,10H,4,9H2,1-3H3,(H,16,18,19). The van der Waals surface area contributed by atoms with E-state index < -0.39 is 0 Å². The summed E-state index contributed by atoms with van der Waals surface area (Å²) < 4.78 is 10.8. The van der Waals surface area contributed by atoms with E-state index in [4.69, 9.17) is 9.15 Å². The third-order valence-electron chi connectivity index (χ3n) is 2.68. The molecule has 0 aliphatic carbocycles. The Bertz CT molecular complexity index is 590. The summed E-state index contributed by atoms with van der Waals surface area (Å²) in [5.41, 5.74) is 0.773. The number of rotatable bonds is 6. The normalized spacial score (nSPS) is 10.7. The molecule has 1 heterocycles. The number of ether oxygens (including phenoxy) is 1. The second kappa shape index (κ2) is 6.88. The average Bonchev–Trinajstić information content (AvgIpc) is 2.87. The molecule has 0 saturated carbocycles. The van der Waals surface area contributed by atoms with Gasteiger partial charge in [0, 0.05) is 12.0 Å². The lowest BCUT2D eigenvalue weighted by molar-refractivity contribution is -0.117. The minimum absolute atomic E-state index is 0.115. The highest BCUT2D eigenvalue weighted by atomic mass is 16.5. The van der Waals surface area contributed by atoms with Crippen LogP contribution in [0.2, 0.25) is 0 Å². The van der Waals surface area contributed by atoms with Gasteiger partial charge in [0.25, 0.3) is 0 Å². The van der Waals surface area contributed by atoms with Crippen LogP contribution in [0.1, 0.15) is 27.2 Å². The molecule has 21 heavy (non-hydrogen) atoms. The van der Waals surface area contributed by atoms with Crippen LogP contribution in [-0.2, 0) is 4.79 Å². The number of amides is 1. The van der Waals surface area contributed by atoms with Crippen molar-refractivity contribution in [3.8, 4) is 17.2 Å². The topological polar surface area (TPSA) is 77.3 Å². The third-order valence-corrected chi connectivity index (χ3v) is 2.68. The van der Waals surface area contributed by atoms with Crippen LogP contribution in [0.15, 0.2) is 28.7 Å². The molecule has 0 aliphatic rings. The zero-order valence-electron chi connectivity index (χ0n) is 12.4. The Hall–Kier alpha value is -2.37. The largest absolute Gasteiger partial charge is 0.494 e. The summed E-state index contributed by atoms with van der Waals surface area (Å²) in [5, 5.41) is 10.3. The highest BCUT2D eigenvalue weighted by molar-refractivity contribution is 5.88. The monoisotopic (exact) mass is 289 g/mol. The number of hydrogen-bond donors (Lipinski definition) is 1. The van der Waals surface area contributed by atoms with Gasteiger partial charge in [-0.15, -0.1) is 5.10 Å². The first kappa shape index (κ1) is 15.0. The van der Waals surface area contributed by atoms with Crippen molar-refractivity contribution in [1.82, 2.24) is 10.2 Å². The first-order chi connectivity index (χ1) is 10.1. The summed E-state index contributed by atoms with van der Waals surface area (Å²) in [6.07, 6.45) is 0.417. The average molecular weight is 289 g/mol. The maximum atomic E-state index is 11.6. The number of benzene rings is 1. The maximum absolute atomic E-state index is 11.6. The van der Waals surface area contributed by atoms with Crippen molar-refractivity contribution >= 4 is 11.9 Å². The minimum atomic E-state index is -0.133. The molecule has 1 aromatic heterocycles. The first-order valence-electron chi connectivity index (χ1n) is 6.95. The van der Waals surface area contributed by atoms with E-state index in [0.717, 1.165) is 11.3 Å². The summed E-state index contributed by atoms with van der Waals surface area (Å²) in [6, 6.07) is 7.45. The van der Waals surface area contributed by atoms with Crippen molar-refractivity contribution in [3.05, 3.63) is 24.3 Å². The first-order valence-corrected chi connectivity index (χ1v) is 6.95. The van der Waals surface area contributed by atoms with E-state index in [9.17, 15) is 4.79 Å². The summed E-state index contributed by atoms with van der Waals surface area (Å²) in [4.78, 5) is 11.6. The van der Waals surface area contributed by atoms with Crippen molar-refractivity contribution in [2.45, 2.75) is 27.2 Å². The van der Waals surface area contributed by atoms with Gasteiger partial charge in [0.15, 0.2) is 0 Å². The molecule has 112 valence electrons. The van der Waals surface area contributed by atoms with Gasteiger partial charge in [0.2, 0.25) is 11.8 Å². The van der Waals surface area contributed by atoms with Gasteiger partial charge in [-0.25, -0.2) is 0 Å². The van der Waals surface area contributed by atoms with E-state index in [1.54, 1.807) is 0 Å².